The van der Waals surface area contributed by atoms with Gasteiger partial charge in [0.2, 0.25) is 0 Å². The highest BCUT2D eigenvalue weighted by atomic mass is 19.1. The van der Waals surface area contributed by atoms with Crippen molar-refractivity contribution in [2.45, 2.75) is 20.3 Å². The van der Waals surface area contributed by atoms with E-state index in [1.807, 2.05) is 6.92 Å². The first-order chi connectivity index (χ1) is 20.6. The van der Waals surface area contributed by atoms with Crippen molar-refractivity contribution in [1.29, 1.82) is 0 Å². The Labute approximate surface area is 248 Å². The molecule has 3 N–H and O–H groups in total. The van der Waals surface area contributed by atoms with Crippen molar-refractivity contribution in [1.82, 2.24) is 0 Å². The molecule has 4 aromatic carbocycles. The average molecular weight is 597 g/mol. The maximum Gasteiger partial charge on any atom is 0.269 e. The van der Waals surface area contributed by atoms with Crippen molar-refractivity contribution < 1.29 is 37.8 Å². The predicted octanol–water partition coefficient (Wildman–Crippen LogP) is 7.95. The summed E-state index contributed by atoms with van der Waals surface area (Å²) in [6.07, 6.45) is 1.97. The van der Waals surface area contributed by atoms with Crippen LogP contribution in [0.15, 0.2) is 79.4 Å². The molecule has 0 aliphatic heterocycles. The van der Waals surface area contributed by atoms with Crippen LogP contribution >= 0.6 is 0 Å². The molecule has 0 aromatic heterocycles. The number of aliphatic hydroxyl groups excluding tert-OH is 1. The van der Waals surface area contributed by atoms with Gasteiger partial charge in [-0.1, -0.05) is 19.6 Å². The summed E-state index contributed by atoms with van der Waals surface area (Å²) in [7, 11) is 2.96. The van der Waals surface area contributed by atoms with Crippen LogP contribution in [0.3, 0.4) is 0 Å². The number of nitrogens with two attached hydrogens (primary N) is 1. The summed E-state index contributed by atoms with van der Waals surface area (Å²) in [5, 5.41) is 18.1. The van der Waals surface area contributed by atoms with Crippen molar-refractivity contribution in [2.24, 2.45) is 0 Å². The fourth-order valence-electron chi connectivity index (χ4n) is 3.46. The first-order valence-corrected chi connectivity index (χ1v) is 13.0. The summed E-state index contributed by atoms with van der Waals surface area (Å²) >= 11 is 0. The third-order valence-corrected chi connectivity index (χ3v) is 5.60. The fourth-order valence-corrected chi connectivity index (χ4v) is 3.46. The molecular formula is C32H34F2N2O7. The number of nitro groups is 1. The minimum atomic E-state index is -0.511. The van der Waals surface area contributed by atoms with Gasteiger partial charge in [0.05, 0.1) is 19.1 Å². The highest BCUT2D eigenvalue weighted by Crippen LogP contribution is 2.35. The molecule has 0 aliphatic carbocycles. The van der Waals surface area contributed by atoms with E-state index < -0.39 is 10.7 Å². The molecule has 0 atom stereocenters. The molecule has 9 nitrogen and oxygen atoms in total. The van der Waals surface area contributed by atoms with Gasteiger partial charge in [-0.2, -0.15) is 0 Å². The minimum Gasteiger partial charge on any atom is -0.493 e. The Hall–Kier alpha value is -5.16. The maximum atomic E-state index is 13.8. The molecule has 11 heteroatoms. The van der Waals surface area contributed by atoms with Crippen LogP contribution in [0.2, 0.25) is 0 Å². The number of nitrogens with zero attached hydrogens (tertiary/aromatic N) is 1. The van der Waals surface area contributed by atoms with Crippen LogP contribution in [-0.4, -0.2) is 30.9 Å². The van der Waals surface area contributed by atoms with Gasteiger partial charge in [-0.05, 0) is 67.4 Å². The van der Waals surface area contributed by atoms with Crippen LogP contribution in [-0.2, 0) is 6.42 Å². The Kier molecular flexibility index (Phi) is 13.4. The number of aliphatic hydroxyl groups is 1. The number of aryl methyl sites for hydroxylation is 1. The van der Waals surface area contributed by atoms with Crippen LogP contribution in [0, 0.1) is 21.7 Å². The summed E-state index contributed by atoms with van der Waals surface area (Å²) in [5.74, 6) is 1.49. The molecule has 4 aromatic rings. The molecule has 4 rings (SSSR count). The number of halogens is 2. The number of methoxy groups -OCH3 is 2. The van der Waals surface area contributed by atoms with Crippen LogP contribution in [0.25, 0.3) is 6.08 Å². The van der Waals surface area contributed by atoms with E-state index in [0.29, 0.717) is 52.0 Å². The average Bonchev–Trinajstić information content (AvgIpc) is 2.99. The van der Waals surface area contributed by atoms with Gasteiger partial charge in [0.25, 0.3) is 5.69 Å². The summed E-state index contributed by atoms with van der Waals surface area (Å²) in [4.78, 5) is 10.1. The molecule has 0 fully saturated rings. The minimum absolute atomic E-state index is 0.0532. The summed E-state index contributed by atoms with van der Waals surface area (Å²) in [6, 6.07) is 18.0. The number of ether oxygens (including phenoxy) is 4. The molecule has 0 radical (unpaired) electrons. The normalized spacial score (nSPS) is 9.84. The molecule has 0 bridgehead atoms. The molecule has 0 spiro atoms. The number of hydrogen-bond acceptors (Lipinski definition) is 8. The molecule has 0 heterocycles. The smallest absolute Gasteiger partial charge is 0.269 e. The highest BCUT2D eigenvalue weighted by Gasteiger charge is 2.13. The second kappa shape index (κ2) is 16.9. The first-order valence-electron chi connectivity index (χ1n) is 13.0. The number of nitro benzene ring substituents is 1. The quantitative estimate of drug-likeness (QED) is 0.113. The molecule has 0 aliphatic rings. The topological polar surface area (TPSA) is 126 Å². The van der Waals surface area contributed by atoms with Gasteiger partial charge in [-0.3, -0.25) is 10.1 Å². The van der Waals surface area contributed by atoms with E-state index in [1.165, 1.54) is 62.8 Å². The van der Waals surface area contributed by atoms with Gasteiger partial charge in [0.15, 0.2) is 23.0 Å². The Morgan fingerprint density at radius 2 is 1.30 bits per heavy atom. The summed E-state index contributed by atoms with van der Waals surface area (Å²) in [6.45, 7) is 7.32. The Morgan fingerprint density at radius 1 is 0.837 bits per heavy atom. The summed E-state index contributed by atoms with van der Waals surface area (Å²) < 4.78 is 49.0. The Balaban J connectivity index is 0.000000276. The molecule has 0 unspecified atom stereocenters. The van der Waals surface area contributed by atoms with E-state index in [4.69, 9.17) is 29.8 Å². The number of benzene rings is 4. The number of non-ortho nitro benzene ring substituents is 1. The van der Waals surface area contributed by atoms with E-state index in [0.717, 1.165) is 0 Å². The monoisotopic (exact) mass is 596 g/mol. The van der Waals surface area contributed by atoms with Crippen molar-refractivity contribution in [3.63, 3.8) is 0 Å². The van der Waals surface area contributed by atoms with E-state index in [-0.39, 0.29) is 23.9 Å². The van der Waals surface area contributed by atoms with Crippen molar-refractivity contribution in [2.75, 3.05) is 26.6 Å². The van der Waals surface area contributed by atoms with Crippen LogP contribution in [0.5, 0.6) is 34.5 Å². The van der Waals surface area contributed by atoms with Gasteiger partial charge in [-0.25, -0.2) is 8.78 Å². The first kappa shape index (κ1) is 34.0. The van der Waals surface area contributed by atoms with E-state index >= 15 is 0 Å². The molecule has 0 amide bonds. The highest BCUT2D eigenvalue weighted by molar-refractivity contribution is 5.56. The zero-order valence-electron chi connectivity index (χ0n) is 24.3. The Morgan fingerprint density at radius 3 is 1.74 bits per heavy atom. The van der Waals surface area contributed by atoms with Crippen LogP contribution < -0.4 is 24.7 Å². The third-order valence-electron chi connectivity index (χ3n) is 5.60. The molecule has 43 heavy (non-hydrogen) atoms. The van der Waals surface area contributed by atoms with Crippen molar-refractivity contribution >= 4 is 17.5 Å². The molecule has 0 saturated carbocycles. The van der Waals surface area contributed by atoms with Crippen molar-refractivity contribution in [3.05, 3.63) is 112 Å². The van der Waals surface area contributed by atoms with Gasteiger partial charge < -0.3 is 29.8 Å². The molecule has 0 saturated heterocycles. The number of nitrogen functional groups attached to an aromatic ring is 1. The standard InChI is InChI=1S/C15H12FNO4.C15H16FNO2.C2H6O/c1-3-10-8-14(20-2)15(9-13(10)16)21-12-6-4-11(5-7-12)17(18)19;1-3-10-8-14(18-2)15(9-13(10)16)19-12-6-4-11(17)5-7-12;1-2-3/h3-9H,1H2,2H3;4-9H,3,17H2,1-2H3;3H,2H2,1H3. The SMILES string of the molecule is C=Cc1cc(OC)c(Oc2ccc([N+](=O)[O-])cc2)cc1F.CCO.CCc1cc(OC)c(Oc2ccc(N)cc2)cc1F. The fraction of sp³-hybridized carbons (Fsp3) is 0.188. The van der Waals surface area contributed by atoms with Gasteiger partial charge >= 0.3 is 0 Å². The zero-order valence-corrected chi connectivity index (χ0v) is 24.3. The molecule has 228 valence electrons. The van der Waals surface area contributed by atoms with Crippen molar-refractivity contribution in [3.8, 4) is 34.5 Å². The largest absolute Gasteiger partial charge is 0.493 e. The lowest BCUT2D eigenvalue weighted by Gasteiger charge is -2.12. The lowest BCUT2D eigenvalue weighted by molar-refractivity contribution is -0.384. The molecular weight excluding hydrogens is 562 g/mol. The van der Waals surface area contributed by atoms with Crippen LogP contribution in [0.4, 0.5) is 20.2 Å². The number of rotatable bonds is 9. The lowest BCUT2D eigenvalue weighted by atomic mass is 10.1. The van der Waals surface area contributed by atoms with Gasteiger partial charge in [0, 0.05) is 42.1 Å². The van der Waals surface area contributed by atoms with E-state index in [1.54, 1.807) is 37.3 Å². The second-order valence-electron chi connectivity index (χ2n) is 8.52. The number of anilines is 1. The lowest BCUT2D eigenvalue weighted by Crippen LogP contribution is -1.95. The zero-order chi connectivity index (χ0) is 31.9. The Bertz CT molecular complexity index is 1500. The second-order valence-corrected chi connectivity index (χ2v) is 8.52. The summed E-state index contributed by atoms with van der Waals surface area (Å²) in [5.41, 5.74) is 7.08. The van der Waals surface area contributed by atoms with Crippen LogP contribution in [0.1, 0.15) is 25.0 Å². The maximum absolute atomic E-state index is 13.8. The van der Waals surface area contributed by atoms with Gasteiger partial charge in [0.1, 0.15) is 23.1 Å². The van der Waals surface area contributed by atoms with Gasteiger partial charge in [-0.15, -0.1) is 0 Å². The third kappa shape index (κ3) is 10.0. The predicted molar refractivity (Wildman–Crippen MR) is 162 cm³/mol. The number of hydrogen-bond donors (Lipinski definition) is 2. The van der Waals surface area contributed by atoms with E-state index in [2.05, 4.69) is 6.58 Å². The van der Waals surface area contributed by atoms with E-state index in [9.17, 15) is 18.9 Å².